The maximum atomic E-state index is 15.5. The Morgan fingerprint density at radius 1 is 1.14 bits per heavy atom. The van der Waals surface area contributed by atoms with Crippen LogP contribution in [-0.2, 0) is 19.5 Å². The van der Waals surface area contributed by atoms with Crippen LogP contribution in [0.4, 0.5) is 9.18 Å². The van der Waals surface area contributed by atoms with Gasteiger partial charge in [0.25, 0.3) is 0 Å². The molecule has 1 aromatic carbocycles. The first-order valence-corrected chi connectivity index (χ1v) is 15.9. The van der Waals surface area contributed by atoms with E-state index in [-0.39, 0.29) is 22.8 Å². The molecule has 0 aromatic heterocycles. The maximum Gasteiger partial charge on any atom is 0.408 e. The number of nitrogens with one attached hydrogen (secondary N) is 1. The monoisotopic (exact) mass is 520 g/mol. The van der Waals surface area contributed by atoms with Gasteiger partial charge in [0, 0.05) is 12.0 Å². The Labute approximate surface area is 217 Å². The molecule has 36 heavy (non-hydrogen) atoms. The molecule has 202 valence electrons. The highest BCUT2D eigenvalue weighted by atomic mass is 28.4. The van der Waals surface area contributed by atoms with E-state index in [9.17, 15) is 9.59 Å². The number of ether oxygens (including phenoxy) is 1. The predicted octanol–water partition coefficient (Wildman–Crippen LogP) is 6.42. The molecular weight excluding hydrogens is 475 g/mol. The largest absolute Gasteiger partial charge is 0.444 e. The van der Waals surface area contributed by atoms with E-state index in [1.54, 1.807) is 26.8 Å². The van der Waals surface area contributed by atoms with Crippen molar-refractivity contribution in [3.8, 4) is 0 Å². The number of nitrogens with zero attached hydrogens (tertiary/aromatic N) is 1. The van der Waals surface area contributed by atoms with Crippen LogP contribution in [0.1, 0.15) is 85.8 Å². The molecule has 2 fully saturated rings. The van der Waals surface area contributed by atoms with E-state index < -0.39 is 37.2 Å². The van der Waals surface area contributed by atoms with E-state index >= 15 is 4.39 Å². The van der Waals surface area contributed by atoms with Gasteiger partial charge in [0.2, 0.25) is 5.91 Å². The van der Waals surface area contributed by atoms with Crippen LogP contribution in [0.2, 0.25) is 18.1 Å². The second-order valence-corrected chi connectivity index (χ2v) is 18.3. The minimum absolute atomic E-state index is 0.00207. The summed E-state index contributed by atoms with van der Waals surface area (Å²) in [4.78, 5) is 28.5. The number of carbonyl (C=O) groups is 2. The number of carbonyl (C=O) groups excluding carboxylic acids is 2. The van der Waals surface area contributed by atoms with Crippen LogP contribution in [0.25, 0.3) is 0 Å². The van der Waals surface area contributed by atoms with Gasteiger partial charge in [-0.05, 0) is 84.1 Å². The zero-order valence-corrected chi connectivity index (χ0v) is 25.0. The fourth-order valence-electron chi connectivity index (χ4n) is 5.75. The molecule has 1 N–H and O–H groups in total. The van der Waals surface area contributed by atoms with E-state index in [4.69, 9.17) is 9.16 Å². The molecule has 2 amide bonds. The maximum absolute atomic E-state index is 15.5. The lowest BCUT2D eigenvalue weighted by Gasteiger charge is -2.48. The summed E-state index contributed by atoms with van der Waals surface area (Å²) >= 11 is 0. The van der Waals surface area contributed by atoms with Gasteiger partial charge >= 0.3 is 6.09 Å². The lowest BCUT2D eigenvalue weighted by molar-refractivity contribution is -0.138. The van der Waals surface area contributed by atoms with Crippen molar-refractivity contribution >= 4 is 20.3 Å². The smallest absolute Gasteiger partial charge is 0.408 e. The number of rotatable bonds is 5. The zero-order valence-electron chi connectivity index (χ0n) is 24.0. The van der Waals surface area contributed by atoms with Crippen molar-refractivity contribution in [3.05, 3.63) is 35.1 Å². The molecule has 1 aromatic rings. The van der Waals surface area contributed by atoms with E-state index in [1.807, 2.05) is 31.7 Å². The van der Waals surface area contributed by atoms with Gasteiger partial charge in [0.1, 0.15) is 17.5 Å². The van der Waals surface area contributed by atoms with Crippen LogP contribution in [0, 0.1) is 12.7 Å². The summed E-state index contributed by atoms with van der Waals surface area (Å²) in [5, 5.41) is 2.78. The number of hydrogen-bond acceptors (Lipinski definition) is 4. The Morgan fingerprint density at radius 2 is 1.75 bits per heavy atom. The summed E-state index contributed by atoms with van der Waals surface area (Å²) < 4.78 is 27.8. The first-order valence-electron chi connectivity index (χ1n) is 13.0. The van der Waals surface area contributed by atoms with Crippen LogP contribution >= 0.6 is 0 Å². The predicted molar refractivity (Wildman–Crippen MR) is 143 cm³/mol. The molecule has 2 saturated heterocycles. The third kappa shape index (κ3) is 5.21. The van der Waals surface area contributed by atoms with E-state index in [0.717, 1.165) is 5.56 Å². The van der Waals surface area contributed by atoms with Crippen molar-refractivity contribution in [2.75, 3.05) is 0 Å². The minimum atomic E-state index is -2.17. The van der Waals surface area contributed by atoms with Gasteiger partial charge in [-0.1, -0.05) is 32.9 Å². The Hall–Kier alpha value is -1.93. The molecule has 8 heteroatoms. The summed E-state index contributed by atoms with van der Waals surface area (Å²) in [5.74, 6) is -0.535. The fourth-order valence-corrected chi connectivity index (χ4v) is 7.51. The van der Waals surface area contributed by atoms with Gasteiger partial charge < -0.3 is 19.4 Å². The Morgan fingerprint density at radius 3 is 2.28 bits per heavy atom. The third-order valence-corrected chi connectivity index (χ3v) is 12.8. The van der Waals surface area contributed by atoms with Gasteiger partial charge in [-0.25, -0.2) is 9.18 Å². The average Bonchev–Trinajstić information content (AvgIpc) is 3.15. The second kappa shape index (κ2) is 9.12. The molecule has 3 atom stereocenters. The van der Waals surface area contributed by atoms with Crippen molar-refractivity contribution in [3.63, 3.8) is 0 Å². The van der Waals surface area contributed by atoms with Crippen LogP contribution < -0.4 is 5.32 Å². The van der Waals surface area contributed by atoms with Crippen molar-refractivity contribution in [2.45, 2.75) is 129 Å². The first-order chi connectivity index (χ1) is 16.2. The van der Waals surface area contributed by atoms with Gasteiger partial charge in [0.05, 0.1) is 17.2 Å². The molecule has 0 spiro atoms. The van der Waals surface area contributed by atoms with Gasteiger partial charge in [-0.15, -0.1) is 0 Å². The van der Waals surface area contributed by atoms with Crippen molar-refractivity contribution in [1.29, 1.82) is 0 Å². The molecule has 2 aliphatic heterocycles. The lowest BCUT2D eigenvalue weighted by Crippen LogP contribution is -2.58. The number of aryl methyl sites for hydroxylation is 1. The van der Waals surface area contributed by atoms with Crippen LogP contribution in [0.15, 0.2) is 18.2 Å². The summed E-state index contributed by atoms with van der Waals surface area (Å²) in [6, 6.07) is 3.97. The number of benzene rings is 1. The molecule has 0 radical (unpaired) electrons. The molecule has 0 bridgehead atoms. The quantitative estimate of drug-likeness (QED) is 0.455. The number of halogens is 1. The Kier molecular flexibility index (Phi) is 7.25. The number of alkyl carbamates (subject to hydrolysis) is 1. The molecule has 6 nitrogen and oxygen atoms in total. The molecule has 2 heterocycles. The standard InChI is InChI=1S/C28H45FN2O4Si/c1-18-13-12-14-19(29)22(18)28-16-15-21(27(8,9)35-36(10,11)26(5,6)7)31(28)23(32)20(17-28)30-24(33)34-25(2,3)4/h12-14,20-21H,15-17H2,1-11H3,(H,30,33)/t20-,21+,28+/m0/s1. The number of hydrogen-bond donors (Lipinski definition) is 1. The summed E-state index contributed by atoms with van der Waals surface area (Å²) in [6.45, 7) is 22.3. The first kappa shape index (κ1) is 28.6. The molecule has 3 rings (SSSR count). The number of amides is 2. The average molecular weight is 521 g/mol. The molecule has 0 aliphatic carbocycles. The van der Waals surface area contributed by atoms with Crippen molar-refractivity contribution < 1.29 is 23.1 Å². The molecular formula is C28H45FN2O4Si. The van der Waals surface area contributed by atoms with Gasteiger partial charge in [-0.2, -0.15) is 0 Å². The molecule has 0 saturated carbocycles. The van der Waals surface area contributed by atoms with Gasteiger partial charge in [-0.3, -0.25) is 4.79 Å². The van der Waals surface area contributed by atoms with E-state index in [1.165, 1.54) is 6.07 Å². The highest BCUT2D eigenvalue weighted by Crippen LogP contribution is 2.55. The molecule has 2 aliphatic rings. The highest BCUT2D eigenvalue weighted by molar-refractivity contribution is 6.74. The lowest BCUT2D eigenvalue weighted by atomic mass is 9.82. The highest BCUT2D eigenvalue weighted by Gasteiger charge is 2.63. The van der Waals surface area contributed by atoms with Crippen molar-refractivity contribution in [1.82, 2.24) is 10.2 Å². The summed E-state index contributed by atoms with van der Waals surface area (Å²) in [6.07, 6.45) is 0.942. The summed E-state index contributed by atoms with van der Waals surface area (Å²) in [7, 11) is -2.17. The topological polar surface area (TPSA) is 67.9 Å². The summed E-state index contributed by atoms with van der Waals surface area (Å²) in [5.41, 5.74) is -0.860. The third-order valence-electron chi connectivity index (χ3n) is 8.19. The van der Waals surface area contributed by atoms with Crippen LogP contribution in [-0.4, -0.2) is 48.5 Å². The zero-order chi connectivity index (χ0) is 27.5. The normalized spacial score (nSPS) is 25.2. The van der Waals surface area contributed by atoms with Crippen LogP contribution in [0.3, 0.4) is 0 Å². The molecule has 0 unspecified atom stereocenters. The Bertz CT molecular complexity index is 1010. The van der Waals surface area contributed by atoms with E-state index in [0.29, 0.717) is 24.8 Å². The fraction of sp³-hybridized carbons (Fsp3) is 0.714. The van der Waals surface area contributed by atoms with Gasteiger partial charge in [0.15, 0.2) is 8.32 Å². The second-order valence-electron chi connectivity index (χ2n) is 13.6. The number of fused-ring (bicyclic) bond motifs is 1. The van der Waals surface area contributed by atoms with E-state index in [2.05, 4.69) is 39.2 Å². The van der Waals surface area contributed by atoms with Crippen molar-refractivity contribution in [2.24, 2.45) is 0 Å². The SMILES string of the molecule is Cc1cccc(F)c1[C@]12CC[C@H](C(C)(C)O[Si](C)(C)C(C)(C)C)N1C(=O)[C@@H](NC(=O)OC(C)(C)C)C2. The van der Waals surface area contributed by atoms with Crippen LogP contribution in [0.5, 0.6) is 0 Å². The minimum Gasteiger partial charge on any atom is -0.444 e. The Balaban J connectivity index is 2.05.